The Morgan fingerprint density at radius 2 is 1.43 bits per heavy atom. The van der Waals surface area contributed by atoms with Crippen LogP contribution in [-0.4, -0.2) is 50.9 Å². The van der Waals surface area contributed by atoms with Gasteiger partial charge in [0.05, 0.1) is 16.5 Å². The molecule has 1 aromatic heterocycles. The second-order valence-electron chi connectivity index (χ2n) is 16.1. The monoisotopic (exact) mass is 683 g/mol. The maximum Gasteiger partial charge on any atom is 0.339 e. The van der Waals surface area contributed by atoms with Crippen LogP contribution in [0.25, 0.3) is 0 Å². The van der Waals surface area contributed by atoms with Gasteiger partial charge in [-0.25, -0.2) is 19.6 Å². The Morgan fingerprint density at radius 1 is 0.837 bits per heavy atom. The lowest BCUT2D eigenvalue weighted by atomic mass is 9.65. The molecule has 8 rings (SSSR count). The summed E-state index contributed by atoms with van der Waals surface area (Å²) in [5.41, 5.74) is -7.81. The number of pyridine rings is 1. The van der Waals surface area contributed by atoms with E-state index in [1.807, 2.05) is 27.7 Å². The van der Waals surface area contributed by atoms with E-state index < -0.39 is 68.2 Å². The highest BCUT2D eigenvalue weighted by molar-refractivity contribution is 6.31. The van der Waals surface area contributed by atoms with E-state index in [1.165, 1.54) is 0 Å². The minimum Gasteiger partial charge on any atom is -0.448 e. The number of imide groups is 2. The van der Waals surface area contributed by atoms with Gasteiger partial charge >= 0.3 is 18.0 Å². The number of nitrogens with zero attached hydrogens (tertiary/aromatic N) is 3. The van der Waals surface area contributed by atoms with Crippen LogP contribution in [0.3, 0.4) is 0 Å². The first-order chi connectivity index (χ1) is 23.0. The molecular weight excluding hydrogens is 646 g/mol. The number of esters is 2. The number of benzene rings is 1. The molecule has 3 saturated carbocycles. The van der Waals surface area contributed by atoms with Crippen molar-refractivity contribution >= 4 is 47.1 Å². The summed E-state index contributed by atoms with van der Waals surface area (Å²) in [5, 5.41) is 0.316. The number of amides is 4. The van der Waals surface area contributed by atoms with Gasteiger partial charge in [-0.05, 0) is 94.5 Å². The Morgan fingerprint density at radius 3 is 1.92 bits per heavy atom. The van der Waals surface area contributed by atoms with Crippen molar-refractivity contribution in [3.8, 4) is 11.8 Å². The number of fused-ring (bicyclic) bond motifs is 5. The third-order valence-electron chi connectivity index (χ3n) is 13.8. The first kappa shape index (κ1) is 32.0. The van der Waals surface area contributed by atoms with Gasteiger partial charge in [0.25, 0.3) is 11.8 Å². The maximum absolute atomic E-state index is 15.5. The Kier molecular flexibility index (Phi) is 6.21. The minimum atomic E-state index is -1.70. The smallest absolute Gasteiger partial charge is 0.339 e. The zero-order chi connectivity index (χ0) is 35.2. The molecule has 3 aliphatic carbocycles. The zero-order valence-corrected chi connectivity index (χ0v) is 29.2. The number of ether oxygens (including phenoxy) is 2. The maximum atomic E-state index is 15.5. The van der Waals surface area contributed by atoms with Gasteiger partial charge in [-0.2, -0.15) is 0 Å². The highest BCUT2D eigenvalue weighted by atomic mass is 35.5. The van der Waals surface area contributed by atoms with Crippen LogP contribution in [0.2, 0.25) is 5.02 Å². The van der Waals surface area contributed by atoms with E-state index in [2.05, 4.69) is 16.8 Å². The van der Waals surface area contributed by atoms with Crippen molar-refractivity contribution in [1.82, 2.24) is 9.88 Å². The number of aromatic nitrogens is 1. The Labute approximate surface area is 289 Å². The number of halogens is 1. The molecule has 3 unspecified atom stereocenters. The normalized spacial score (nSPS) is 36.2. The fraction of sp³-hybridized carbons (Fsp3) is 0.526. The summed E-state index contributed by atoms with van der Waals surface area (Å²) in [7, 11) is 0. The predicted octanol–water partition coefficient (Wildman–Crippen LogP) is 5.93. The van der Waals surface area contributed by atoms with E-state index >= 15 is 14.4 Å². The van der Waals surface area contributed by atoms with Crippen molar-refractivity contribution in [1.29, 1.82) is 0 Å². The van der Waals surface area contributed by atoms with E-state index in [9.17, 15) is 9.59 Å². The zero-order valence-electron chi connectivity index (χ0n) is 28.4. The molecule has 49 heavy (non-hydrogen) atoms. The number of urea groups is 1. The summed E-state index contributed by atoms with van der Waals surface area (Å²) in [6.07, 6.45) is 4.07. The molecular formula is C38H38ClN3O7. The first-order valence-corrected chi connectivity index (χ1v) is 17.3. The molecule has 5 atom stereocenters. The lowest BCUT2D eigenvalue weighted by molar-refractivity contribution is -0.175. The standard InChI is InChI=1S/C38H38ClN3O7/c1-32(2)34(5)16-18-37(32,48-29(34)45)27(43)41-26-13-12-23(39)21-25(26)36(22-10-11-22,15-14-24-9-7-8-20-40-24)42(31(41)47)28(44)38-19-17-35(6,30(46)49-38)33(38,3)4/h7-9,12-13,20-22H,10-11,16-19H2,1-6H3/t34?,35?,36?,37-,38-/m1/s1. The Hall–Kier alpha value is -4.23. The van der Waals surface area contributed by atoms with Crippen molar-refractivity contribution in [2.75, 3.05) is 4.90 Å². The van der Waals surface area contributed by atoms with Gasteiger partial charge in [0.1, 0.15) is 11.2 Å². The average Bonchev–Trinajstić information content (AvgIpc) is 3.82. The quantitative estimate of drug-likeness (QED) is 0.288. The van der Waals surface area contributed by atoms with E-state index in [4.69, 9.17) is 21.1 Å². The highest BCUT2D eigenvalue weighted by Gasteiger charge is 2.80. The molecule has 10 nitrogen and oxygen atoms in total. The van der Waals surface area contributed by atoms with Crippen molar-refractivity contribution < 1.29 is 33.4 Å². The van der Waals surface area contributed by atoms with Gasteiger partial charge in [-0.1, -0.05) is 51.3 Å². The van der Waals surface area contributed by atoms with Crippen molar-refractivity contribution in [3.05, 3.63) is 58.9 Å². The molecule has 11 heteroatoms. The third-order valence-corrected chi connectivity index (χ3v) is 14.1. The SMILES string of the molecule is CC12CC[C@](C(=O)N3C(=O)N(C(=O)[C@@]45CCC(C)(C(=O)O4)C5(C)C)C(C#Cc4ccccn4)(C4CC4)c4cc(Cl)ccc43)(OC1=O)C2(C)C. The van der Waals surface area contributed by atoms with Gasteiger partial charge in [0.2, 0.25) is 0 Å². The molecule has 0 radical (unpaired) electrons. The molecule has 4 heterocycles. The summed E-state index contributed by atoms with van der Waals surface area (Å²) in [6, 6.07) is 9.18. The number of hydrogen-bond acceptors (Lipinski definition) is 8. The van der Waals surface area contributed by atoms with Crippen LogP contribution in [-0.2, 0) is 34.2 Å². The van der Waals surface area contributed by atoms with Crippen LogP contribution >= 0.6 is 11.6 Å². The third kappa shape index (κ3) is 3.50. The number of carbonyl (C=O) groups is 5. The van der Waals surface area contributed by atoms with E-state index in [0.29, 0.717) is 42.0 Å². The second-order valence-corrected chi connectivity index (χ2v) is 16.5. The van der Waals surface area contributed by atoms with Crippen molar-refractivity contribution in [2.45, 2.75) is 96.8 Å². The second kappa shape index (κ2) is 9.51. The van der Waals surface area contributed by atoms with Gasteiger partial charge in [-0.3, -0.25) is 19.2 Å². The molecule has 1 aromatic carbocycles. The largest absolute Gasteiger partial charge is 0.448 e. The first-order valence-electron chi connectivity index (χ1n) is 16.9. The molecule has 2 saturated heterocycles. The number of rotatable bonds is 3. The van der Waals surface area contributed by atoms with Crippen LogP contribution in [0.15, 0.2) is 42.6 Å². The lowest BCUT2D eigenvalue weighted by Crippen LogP contribution is -2.70. The fourth-order valence-corrected chi connectivity index (χ4v) is 9.63. The summed E-state index contributed by atoms with van der Waals surface area (Å²) in [4.78, 5) is 79.2. The molecule has 254 valence electrons. The van der Waals surface area contributed by atoms with Crippen molar-refractivity contribution in [3.63, 3.8) is 0 Å². The Bertz CT molecular complexity index is 1980. The van der Waals surface area contributed by atoms with E-state index in [1.54, 1.807) is 56.4 Å². The number of carbonyl (C=O) groups excluding carboxylic acids is 5. The highest BCUT2D eigenvalue weighted by Crippen LogP contribution is 2.69. The molecule has 4 bridgehead atoms. The fourth-order valence-electron chi connectivity index (χ4n) is 9.45. The van der Waals surface area contributed by atoms with Gasteiger partial charge in [0, 0.05) is 27.6 Å². The predicted molar refractivity (Wildman–Crippen MR) is 177 cm³/mol. The molecule has 3 aliphatic heterocycles. The van der Waals surface area contributed by atoms with Gasteiger partial charge < -0.3 is 9.47 Å². The number of anilines is 1. The molecule has 4 amide bonds. The van der Waals surface area contributed by atoms with Crippen LogP contribution in [0.4, 0.5) is 10.5 Å². The van der Waals surface area contributed by atoms with E-state index in [-0.39, 0.29) is 24.4 Å². The van der Waals surface area contributed by atoms with E-state index in [0.717, 1.165) is 9.80 Å². The topological polar surface area (TPSA) is 123 Å². The summed E-state index contributed by atoms with van der Waals surface area (Å²) >= 11 is 6.69. The lowest BCUT2D eigenvalue weighted by Gasteiger charge is -2.51. The van der Waals surface area contributed by atoms with Crippen LogP contribution in [0.5, 0.6) is 0 Å². The van der Waals surface area contributed by atoms with Crippen LogP contribution in [0.1, 0.15) is 91.3 Å². The Balaban J connectivity index is 1.39. The number of hydrogen-bond donors (Lipinski definition) is 0. The molecule has 0 N–H and O–H groups in total. The summed E-state index contributed by atoms with van der Waals surface area (Å²) < 4.78 is 12.0. The van der Waals surface area contributed by atoms with Gasteiger partial charge in [-0.15, -0.1) is 0 Å². The molecule has 0 spiro atoms. The summed E-state index contributed by atoms with van der Waals surface area (Å²) in [6.45, 7) is 10.9. The van der Waals surface area contributed by atoms with Crippen LogP contribution < -0.4 is 4.90 Å². The summed E-state index contributed by atoms with van der Waals surface area (Å²) in [5.74, 6) is 3.66. The average molecular weight is 684 g/mol. The molecule has 6 aliphatic rings. The van der Waals surface area contributed by atoms with Gasteiger partial charge in [0.15, 0.2) is 11.2 Å². The molecule has 5 fully saturated rings. The molecule has 2 aromatic rings. The van der Waals surface area contributed by atoms with Crippen molar-refractivity contribution in [2.24, 2.45) is 27.6 Å². The van der Waals surface area contributed by atoms with Crippen LogP contribution in [0, 0.1) is 39.4 Å². The minimum absolute atomic E-state index is 0.197.